The fourth-order valence-electron chi connectivity index (χ4n) is 2.72. The third-order valence-corrected chi connectivity index (χ3v) is 4.38. The summed E-state index contributed by atoms with van der Waals surface area (Å²) in [6.45, 7) is 3.05. The van der Waals surface area contributed by atoms with Crippen LogP contribution in [0.25, 0.3) is 0 Å². The predicted molar refractivity (Wildman–Crippen MR) is 94.7 cm³/mol. The maximum Gasteiger partial charge on any atom is 0.213 e. The second-order valence-electron chi connectivity index (χ2n) is 6.57. The Morgan fingerprint density at radius 2 is 1.96 bits per heavy atom. The summed E-state index contributed by atoms with van der Waals surface area (Å²) in [5, 5.41) is 6.69. The first kappa shape index (κ1) is 16.1. The summed E-state index contributed by atoms with van der Waals surface area (Å²) < 4.78 is 11.2. The lowest BCUT2D eigenvalue weighted by Crippen LogP contribution is -2.16. The van der Waals surface area contributed by atoms with Crippen LogP contribution in [-0.4, -0.2) is 40.8 Å². The second-order valence-corrected chi connectivity index (χ2v) is 6.57. The van der Waals surface area contributed by atoms with Crippen LogP contribution in [0.1, 0.15) is 24.8 Å². The molecule has 7 nitrogen and oxygen atoms in total. The number of anilines is 2. The van der Waals surface area contributed by atoms with E-state index < -0.39 is 0 Å². The van der Waals surface area contributed by atoms with Gasteiger partial charge in [-0.15, -0.1) is 0 Å². The van der Waals surface area contributed by atoms with E-state index in [1.807, 2.05) is 18.2 Å². The first-order valence-corrected chi connectivity index (χ1v) is 8.84. The summed E-state index contributed by atoms with van der Waals surface area (Å²) in [5.74, 6) is 3.12. The number of hydrogen-bond acceptors (Lipinski definition) is 7. The summed E-state index contributed by atoms with van der Waals surface area (Å²) in [6, 6.07) is 5.87. The quantitative estimate of drug-likeness (QED) is 0.763. The van der Waals surface area contributed by atoms with E-state index in [-0.39, 0.29) is 6.10 Å². The van der Waals surface area contributed by atoms with Crippen molar-refractivity contribution in [1.29, 1.82) is 0 Å². The summed E-state index contributed by atoms with van der Waals surface area (Å²) in [4.78, 5) is 12.8. The maximum absolute atomic E-state index is 5.85. The molecule has 4 rings (SSSR count). The molecule has 1 aliphatic carbocycles. The van der Waals surface area contributed by atoms with Crippen LogP contribution in [0.2, 0.25) is 0 Å². The topological polar surface area (TPSA) is 81.2 Å². The fraction of sp³-hybridized carbons (Fsp3) is 0.500. The van der Waals surface area contributed by atoms with Crippen LogP contribution < -0.4 is 15.4 Å². The van der Waals surface area contributed by atoms with Gasteiger partial charge in [-0.1, -0.05) is 0 Å². The van der Waals surface area contributed by atoms with Crippen LogP contribution in [0.15, 0.2) is 30.7 Å². The highest BCUT2D eigenvalue weighted by atomic mass is 16.5. The third kappa shape index (κ3) is 4.79. The Balaban J connectivity index is 1.31. The third-order valence-electron chi connectivity index (χ3n) is 4.38. The average Bonchev–Trinajstić information content (AvgIpc) is 3.34. The smallest absolute Gasteiger partial charge is 0.213 e. The number of hydrogen-bond donors (Lipinski definition) is 2. The van der Waals surface area contributed by atoms with Crippen molar-refractivity contribution < 1.29 is 9.47 Å². The lowest BCUT2D eigenvalue weighted by Gasteiger charge is -2.12. The van der Waals surface area contributed by atoms with E-state index in [1.54, 1.807) is 12.5 Å². The minimum atomic E-state index is 0.109. The van der Waals surface area contributed by atoms with Crippen LogP contribution in [0.3, 0.4) is 0 Å². The number of nitrogens with one attached hydrogen (secondary N) is 2. The Morgan fingerprint density at radius 3 is 2.76 bits per heavy atom. The van der Waals surface area contributed by atoms with Gasteiger partial charge in [-0.05, 0) is 30.4 Å². The SMILES string of the molecule is c1nc(NCc2ccnc(OC3CCOC3)c2)cc(NCC2CC2)n1. The van der Waals surface area contributed by atoms with Crippen LogP contribution in [0.4, 0.5) is 11.6 Å². The van der Waals surface area contributed by atoms with Crippen molar-refractivity contribution >= 4 is 11.6 Å². The Hall–Kier alpha value is -2.41. The molecule has 0 amide bonds. The van der Waals surface area contributed by atoms with E-state index >= 15 is 0 Å². The minimum absolute atomic E-state index is 0.109. The zero-order valence-corrected chi connectivity index (χ0v) is 14.1. The van der Waals surface area contributed by atoms with Gasteiger partial charge < -0.3 is 20.1 Å². The molecule has 2 aromatic heterocycles. The first-order valence-electron chi connectivity index (χ1n) is 8.84. The summed E-state index contributed by atoms with van der Waals surface area (Å²) in [5.41, 5.74) is 1.09. The van der Waals surface area contributed by atoms with Gasteiger partial charge in [-0.3, -0.25) is 0 Å². The normalized spacial score (nSPS) is 19.6. The molecular formula is C18H23N5O2. The van der Waals surface area contributed by atoms with Crippen molar-refractivity contribution in [2.75, 3.05) is 30.4 Å². The number of pyridine rings is 1. The van der Waals surface area contributed by atoms with Crippen LogP contribution >= 0.6 is 0 Å². The molecular weight excluding hydrogens is 318 g/mol. The highest BCUT2D eigenvalue weighted by Crippen LogP contribution is 2.28. The van der Waals surface area contributed by atoms with Crippen molar-refractivity contribution in [2.24, 2.45) is 5.92 Å². The molecule has 1 unspecified atom stereocenters. The fourth-order valence-corrected chi connectivity index (χ4v) is 2.72. The zero-order valence-electron chi connectivity index (χ0n) is 14.1. The lowest BCUT2D eigenvalue weighted by molar-refractivity contribution is 0.138. The molecule has 1 saturated heterocycles. The van der Waals surface area contributed by atoms with Gasteiger partial charge in [0.1, 0.15) is 24.1 Å². The molecule has 1 aliphatic heterocycles. The molecule has 2 fully saturated rings. The van der Waals surface area contributed by atoms with Crippen molar-refractivity contribution in [3.05, 3.63) is 36.3 Å². The summed E-state index contributed by atoms with van der Waals surface area (Å²) >= 11 is 0. The number of nitrogens with zero attached hydrogens (tertiary/aromatic N) is 3. The van der Waals surface area contributed by atoms with Gasteiger partial charge in [0.05, 0.1) is 13.2 Å². The van der Waals surface area contributed by atoms with E-state index in [0.717, 1.165) is 42.7 Å². The van der Waals surface area contributed by atoms with Gasteiger partial charge in [0.25, 0.3) is 0 Å². The highest BCUT2D eigenvalue weighted by molar-refractivity contribution is 5.46. The molecule has 2 aliphatic rings. The van der Waals surface area contributed by atoms with Gasteiger partial charge in [0.15, 0.2) is 0 Å². The van der Waals surface area contributed by atoms with Gasteiger partial charge in [0.2, 0.25) is 5.88 Å². The molecule has 0 spiro atoms. The molecule has 0 aromatic carbocycles. The Bertz CT molecular complexity index is 701. The van der Waals surface area contributed by atoms with Crippen molar-refractivity contribution in [2.45, 2.75) is 31.9 Å². The van der Waals surface area contributed by atoms with Gasteiger partial charge in [-0.25, -0.2) is 15.0 Å². The molecule has 3 heterocycles. The Kier molecular flexibility index (Phi) is 4.92. The lowest BCUT2D eigenvalue weighted by atomic mass is 10.2. The van der Waals surface area contributed by atoms with Gasteiger partial charge in [0, 0.05) is 37.8 Å². The highest BCUT2D eigenvalue weighted by Gasteiger charge is 2.20. The number of aromatic nitrogens is 3. The second kappa shape index (κ2) is 7.65. The van der Waals surface area contributed by atoms with E-state index in [4.69, 9.17) is 9.47 Å². The largest absolute Gasteiger partial charge is 0.472 e. The standard InChI is InChI=1S/C18H23N5O2/c1-2-13(1)9-20-16-8-17(23-12-22-16)21-10-14-3-5-19-18(7-14)25-15-4-6-24-11-15/h3,5,7-8,12-13,15H,1-2,4,6,9-11H2,(H2,20,21,22,23). The maximum atomic E-state index is 5.85. The molecule has 25 heavy (non-hydrogen) atoms. The zero-order chi connectivity index (χ0) is 16.9. The van der Waals surface area contributed by atoms with E-state index in [1.165, 1.54) is 12.8 Å². The molecule has 0 bridgehead atoms. The molecule has 2 N–H and O–H groups in total. The van der Waals surface area contributed by atoms with Crippen LogP contribution in [-0.2, 0) is 11.3 Å². The summed E-state index contributed by atoms with van der Waals surface area (Å²) in [7, 11) is 0. The number of ether oxygens (including phenoxy) is 2. The van der Waals surface area contributed by atoms with Crippen LogP contribution in [0, 0.1) is 5.92 Å². The summed E-state index contributed by atoms with van der Waals surface area (Å²) in [6.07, 6.45) is 7.02. The molecule has 132 valence electrons. The Morgan fingerprint density at radius 1 is 1.08 bits per heavy atom. The minimum Gasteiger partial charge on any atom is -0.472 e. The number of rotatable bonds is 8. The monoisotopic (exact) mass is 341 g/mol. The molecule has 1 atom stereocenters. The molecule has 1 saturated carbocycles. The van der Waals surface area contributed by atoms with E-state index in [9.17, 15) is 0 Å². The van der Waals surface area contributed by atoms with Gasteiger partial charge >= 0.3 is 0 Å². The van der Waals surface area contributed by atoms with E-state index in [0.29, 0.717) is 19.0 Å². The van der Waals surface area contributed by atoms with Gasteiger partial charge in [-0.2, -0.15) is 0 Å². The Labute approximate surface area is 147 Å². The van der Waals surface area contributed by atoms with Crippen LogP contribution in [0.5, 0.6) is 5.88 Å². The molecule has 7 heteroatoms. The predicted octanol–water partition coefficient (Wildman–Crippen LogP) is 2.47. The van der Waals surface area contributed by atoms with Crippen molar-refractivity contribution in [3.8, 4) is 5.88 Å². The van der Waals surface area contributed by atoms with Crippen molar-refractivity contribution in [3.63, 3.8) is 0 Å². The van der Waals surface area contributed by atoms with E-state index in [2.05, 4.69) is 25.6 Å². The molecule has 2 aromatic rings. The van der Waals surface area contributed by atoms with Crippen molar-refractivity contribution in [1.82, 2.24) is 15.0 Å². The first-order chi connectivity index (χ1) is 12.3. The average molecular weight is 341 g/mol. The molecule has 0 radical (unpaired) electrons.